The number of nitrogens with zero attached hydrogens (tertiary/aromatic N) is 1. The van der Waals surface area contributed by atoms with Crippen LogP contribution in [0.2, 0.25) is 0 Å². The number of rotatable bonds is 8. The molecule has 0 aliphatic heterocycles. The molecule has 19 heavy (non-hydrogen) atoms. The topological polar surface area (TPSA) is 15.3 Å². The van der Waals surface area contributed by atoms with Crippen LogP contribution < -0.4 is 5.32 Å². The summed E-state index contributed by atoms with van der Waals surface area (Å²) in [6.07, 6.45) is 3.32. The molecule has 0 amide bonds. The van der Waals surface area contributed by atoms with Gasteiger partial charge in [0.1, 0.15) is 0 Å². The van der Waals surface area contributed by atoms with E-state index in [4.69, 9.17) is 0 Å². The lowest BCUT2D eigenvalue weighted by Gasteiger charge is -2.26. The highest BCUT2D eigenvalue weighted by Crippen LogP contribution is 2.18. The molecule has 0 aromatic heterocycles. The molecule has 0 bridgehead atoms. The van der Waals surface area contributed by atoms with Gasteiger partial charge in [0.15, 0.2) is 0 Å². The molecule has 0 spiro atoms. The number of hydrogen-bond donors (Lipinski definition) is 1. The molecule has 0 heterocycles. The maximum atomic E-state index is 3.44. The quantitative estimate of drug-likeness (QED) is 0.786. The molecule has 0 saturated heterocycles. The summed E-state index contributed by atoms with van der Waals surface area (Å²) in [4.78, 5) is 2.45. The van der Waals surface area contributed by atoms with Crippen molar-refractivity contribution in [2.75, 3.05) is 32.6 Å². The predicted molar refractivity (Wildman–Crippen MR) is 88.1 cm³/mol. The van der Waals surface area contributed by atoms with Gasteiger partial charge in [-0.05, 0) is 52.7 Å². The molecule has 1 aromatic rings. The lowest BCUT2D eigenvalue weighted by Crippen LogP contribution is -2.33. The van der Waals surface area contributed by atoms with Gasteiger partial charge in [-0.2, -0.15) is 11.8 Å². The third-order valence-corrected chi connectivity index (χ3v) is 4.54. The van der Waals surface area contributed by atoms with Crippen LogP contribution >= 0.6 is 11.8 Å². The lowest BCUT2D eigenvalue weighted by atomic mass is 10.0. The van der Waals surface area contributed by atoms with Gasteiger partial charge in [-0.25, -0.2) is 0 Å². The summed E-state index contributed by atoms with van der Waals surface area (Å²) in [7, 11) is 4.28. The number of thioether (sulfide) groups is 1. The summed E-state index contributed by atoms with van der Waals surface area (Å²) in [6.45, 7) is 5.58. The minimum absolute atomic E-state index is 0.448. The molecule has 0 aliphatic rings. The molecule has 1 aromatic carbocycles. The molecule has 3 heteroatoms. The third kappa shape index (κ3) is 5.55. The molecule has 0 fully saturated rings. The molecule has 0 aliphatic carbocycles. The van der Waals surface area contributed by atoms with E-state index in [1.54, 1.807) is 0 Å². The minimum atomic E-state index is 0.448. The Labute approximate surface area is 123 Å². The van der Waals surface area contributed by atoms with E-state index in [1.807, 2.05) is 11.8 Å². The molecule has 2 atom stereocenters. The average Bonchev–Trinajstić information content (AvgIpc) is 2.39. The van der Waals surface area contributed by atoms with Crippen molar-refractivity contribution in [3.8, 4) is 0 Å². The van der Waals surface area contributed by atoms with E-state index in [-0.39, 0.29) is 0 Å². The second-order valence-electron chi connectivity index (χ2n) is 5.33. The van der Waals surface area contributed by atoms with E-state index >= 15 is 0 Å². The van der Waals surface area contributed by atoms with Crippen LogP contribution in [0.15, 0.2) is 24.3 Å². The zero-order valence-electron chi connectivity index (χ0n) is 12.9. The zero-order valence-corrected chi connectivity index (χ0v) is 13.8. The Morgan fingerprint density at radius 2 is 2.11 bits per heavy atom. The smallest absolute Gasteiger partial charge is 0.0329 e. The normalized spacial score (nSPS) is 14.6. The first-order chi connectivity index (χ1) is 9.08. The largest absolute Gasteiger partial charge is 0.313 e. The Morgan fingerprint density at radius 3 is 2.68 bits per heavy atom. The van der Waals surface area contributed by atoms with E-state index in [9.17, 15) is 0 Å². The van der Waals surface area contributed by atoms with E-state index in [0.717, 1.165) is 13.0 Å². The van der Waals surface area contributed by atoms with Gasteiger partial charge >= 0.3 is 0 Å². The number of hydrogen-bond acceptors (Lipinski definition) is 3. The van der Waals surface area contributed by atoms with Gasteiger partial charge < -0.3 is 10.2 Å². The summed E-state index contributed by atoms with van der Waals surface area (Å²) >= 11 is 1.92. The predicted octanol–water partition coefficient (Wildman–Crippen LogP) is 3.33. The van der Waals surface area contributed by atoms with Crippen molar-refractivity contribution in [2.45, 2.75) is 32.4 Å². The van der Waals surface area contributed by atoms with Crippen LogP contribution in [-0.2, 0) is 0 Å². The maximum Gasteiger partial charge on any atom is 0.0329 e. The highest BCUT2D eigenvalue weighted by atomic mass is 32.2. The first kappa shape index (κ1) is 16.5. The number of benzene rings is 1. The van der Waals surface area contributed by atoms with Gasteiger partial charge in [-0.15, -0.1) is 0 Å². The Hall–Kier alpha value is -0.510. The lowest BCUT2D eigenvalue weighted by molar-refractivity contribution is 0.262. The Kier molecular flexibility index (Phi) is 7.51. The number of nitrogens with one attached hydrogen (secondary N) is 1. The summed E-state index contributed by atoms with van der Waals surface area (Å²) in [5.74, 6) is 1.20. The molecule has 108 valence electrons. The molecule has 0 saturated carbocycles. The molecular weight excluding hydrogens is 252 g/mol. The summed E-state index contributed by atoms with van der Waals surface area (Å²) in [6, 6.07) is 9.90. The fourth-order valence-corrected chi connectivity index (χ4v) is 3.02. The first-order valence-corrected chi connectivity index (χ1v) is 8.40. The van der Waals surface area contributed by atoms with Crippen LogP contribution in [0.1, 0.15) is 30.5 Å². The van der Waals surface area contributed by atoms with E-state index in [1.165, 1.54) is 16.9 Å². The van der Waals surface area contributed by atoms with Crippen molar-refractivity contribution in [3.05, 3.63) is 35.4 Å². The Bertz CT molecular complexity index is 368. The van der Waals surface area contributed by atoms with Crippen LogP contribution in [-0.4, -0.2) is 43.6 Å². The molecule has 2 unspecified atom stereocenters. The average molecular weight is 280 g/mol. The van der Waals surface area contributed by atoms with Crippen LogP contribution in [0.4, 0.5) is 0 Å². The summed E-state index contributed by atoms with van der Waals surface area (Å²) in [5, 5.41) is 3.44. The maximum absolute atomic E-state index is 3.44. The van der Waals surface area contributed by atoms with Crippen LogP contribution in [0.25, 0.3) is 0 Å². The van der Waals surface area contributed by atoms with E-state index in [2.05, 4.69) is 68.7 Å². The van der Waals surface area contributed by atoms with Crippen molar-refractivity contribution < 1.29 is 0 Å². The second kappa shape index (κ2) is 8.62. The standard InChI is InChI=1S/C16H28N2S/c1-13-7-6-8-15(11-13)16(17-3)9-10-18(4)14(2)12-19-5/h6-8,11,14,16-17H,9-10,12H2,1-5H3. The molecular formula is C16H28N2S. The van der Waals surface area contributed by atoms with Gasteiger partial charge in [0.05, 0.1) is 0 Å². The molecule has 1 N–H and O–H groups in total. The number of aryl methyl sites for hydroxylation is 1. The van der Waals surface area contributed by atoms with Crippen molar-refractivity contribution >= 4 is 11.8 Å². The van der Waals surface area contributed by atoms with E-state index < -0.39 is 0 Å². The highest BCUT2D eigenvalue weighted by molar-refractivity contribution is 7.98. The van der Waals surface area contributed by atoms with E-state index in [0.29, 0.717) is 12.1 Å². The van der Waals surface area contributed by atoms with Crippen molar-refractivity contribution in [1.29, 1.82) is 0 Å². The molecule has 0 radical (unpaired) electrons. The third-order valence-electron chi connectivity index (χ3n) is 3.72. The van der Waals surface area contributed by atoms with Gasteiger partial charge in [0.25, 0.3) is 0 Å². The Balaban J connectivity index is 2.53. The fraction of sp³-hybridized carbons (Fsp3) is 0.625. The highest BCUT2D eigenvalue weighted by Gasteiger charge is 2.13. The summed E-state index contributed by atoms with van der Waals surface area (Å²) < 4.78 is 0. The SMILES string of the molecule is CNC(CCN(C)C(C)CSC)c1cccc(C)c1. The van der Waals surface area contributed by atoms with Gasteiger partial charge in [0.2, 0.25) is 0 Å². The van der Waals surface area contributed by atoms with Crippen molar-refractivity contribution in [2.24, 2.45) is 0 Å². The molecule has 2 nitrogen and oxygen atoms in total. The zero-order chi connectivity index (χ0) is 14.3. The Morgan fingerprint density at radius 1 is 1.37 bits per heavy atom. The van der Waals surface area contributed by atoms with Crippen LogP contribution in [0.3, 0.4) is 0 Å². The van der Waals surface area contributed by atoms with Gasteiger partial charge in [-0.1, -0.05) is 29.8 Å². The summed E-state index contributed by atoms with van der Waals surface area (Å²) in [5.41, 5.74) is 2.73. The van der Waals surface area contributed by atoms with Crippen molar-refractivity contribution in [1.82, 2.24) is 10.2 Å². The van der Waals surface area contributed by atoms with Crippen LogP contribution in [0.5, 0.6) is 0 Å². The molecule has 1 rings (SSSR count). The van der Waals surface area contributed by atoms with Crippen LogP contribution in [0, 0.1) is 6.92 Å². The van der Waals surface area contributed by atoms with Gasteiger partial charge in [0, 0.05) is 17.8 Å². The van der Waals surface area contributed by atoms with Crippen molar-refractivity contribution in [3.63, 3.8) is 0 Å². The second-order valence-corrected chi connectivity index (χ2v) is 6.24. The van der Waals surface area contributed by atoms with Gasteiger partial charge in [-0.3, -0.25) is 0 Å². The monoisotopic (exact) mass is 280 g/mol. The first-order valence-electron chi connectivity index (χ1n) is 7.01. The minimum Gasteiger partial charge on any atom is -0.313 e. The fourth-order valence-electron chi connectivity index (χ4n) is 2.29.